The van der Waals surface area contributed by atoms with Crippen LogP contribution < -0.4 is 11.1 Å². The molecule has 20 heavy (non-hydrogen) atoms. The molecule has 0 saturated carbocycles. The Morgan fingerprint density at radius 3 is 2.75 bits per heavy atom. The van der Waals surface area contributed by atoms with Crippen LogP contribution in [0.5, 0.6) is 0 Å². The molecule has 1 rings (SSSR count). The maximum atomic E-state index is 11.8. The van der Waals surface area contributed by atoms with Gasteiger partial charge in [-0.1, -0.05) is 17.7 Å². The molecule has 110 valence electrons. The van der Waals surface area contributed by atoms with Crippen molar-refractivity contribution in [3.63, 3.8) is 0 Å². The first-order chi connectivity index (χ1) is 9.45. The van der Waals surface area contributed by atoms with E-state index in [4.69, 9.17) is 26.8 Å². The van der Waals surface area contributed by atoms with E-state index in [9.17, 15) is 9.59 Å². The summed E-state index contributed by atoms with van der Waals surface area (Å²) in [6, 6.07) is 4.50. The Morgan fingerprint density at radius 2 is 2.15 bits per heavy atom. The highest BCUT2D eigenvalue weighted by molar-refractivity contribution is 6.34. The normalized spacial score (nSPS) is 11.8. The van der Waals surface area contributed by atoms with Gasteiger partial charge < -0.3 is 20.5 Å². The molecule has 1 atom stereocenters. The van der Waals surface area contributed by atoms with Gasteiger partial charge in [0, 0.05) is 18.8 Å². The Bertz CT molecular complexity index is 473. The molecule has 0 aromatic heterocycles. The fourth-order valence-electron chi connectivity index (χ4n) is 1.57. The quantitative estimate of drug-likeness (QED) is 0.609. The van der Waals surface area contributed by atoms with Crippen LogP contribution in [0.1, 0.15) is 17.3 Å². The van der Waals surface area contributed by atoms with E-state index in [1.165, 1.54) is 19.2 Å². The van der Waals surface area contributed by atoms with Gasteiger partial charge in [-0.3, -0.25) is 4.79 Å². The van der Waals surface area contributed by atoms with E-state index in [0.29, 0.717) is 6.61 Å². The molecule has 1 aromatic carbocycles. The zero-order valence-corrected chi connectivity index (χ0v) is 12.1. The molecule has 0 radical (unpaired) electrons. The van der Waals surface area contributed by atoms with E-state index in [0.717, 1.165) is 0 Å². The molecule has 0 aliphatic heterocycles. The van der Waals surface area contributed by atoms with E-state index < -0.39 is 18.5 Å². The van der Waals surface area contributed by atoms with Gasteiger partial charge in [-0.05, 0) is 19.1 Å². The van der Waals surface area contributed by atoms with Crippen molar-refractivity contribution in [1.82, 2.24) is 5.32 Å². The first kappa shape index (κ1) is 16.3. The number of amides is 1. The van der Waals surface area contributed by atoms with Crippen molar-refractivity contribution in [2.24, 2.45) is 0 Å². The second kappa shape index (κ2) is 7.72. The highest BCUT2D eigenvalue weighted by atomic mass is 35.5. The molecule has 0 aliphatic carbocycles. The monoisotopic (exact) mass is 300 g/mol. The van der Waals surface area contributed by atoms with Crippen molar-refractivity contribution >= 4 is 29.2 Å². The van der Waals surface area contributed by atoms with Crippen molar-refractivity contribution in [3.05, 3.63) is 28.8 Å². The zero-order chi connectivity index (χ0) is 15.1. The van der Waals surface area contributed by atoms with Crippen LogP contribution in [0.3, 0.4) is 0 Å². The molecule has 0 heterocycles. The number of nitrogens with one attached hydrogen (secondary N) is 1. The van der Waals surface area contributed by atoms with Crippen LogP contribution in [0.25, 0.3) is 0 Å². The number of benzene rings is 1. The van der Waals surface area contributed by atoms with Crippen LogP contribution in [0.2, 0.25) is 5.02 Å². The number of carbonyl (C=O) groups is 2. The standard InChI is InChI=1S/C13H17ClN2O4/c1-8(6-19-2)16-11(17)7-20-13(18)12-9(14)4-3-5-10(12)15/h3-5,8H,6-7,15H2,1-2H3,(H,16,17). The molecular weight excluding hydrogens is 284 g/mol. The maximum Gasteiger partial charge on any atom is 0.342 e. The van der Waals surface area contributed by atoms with Crippen LogP contribution in [0.15, 0.2) is 18.2 Å². The predicted molar refractivity (Wildman–Crippen MR) is 75.6 cm³/mol. The summed E-state index contributed by atoms with van der Waals surface area (Å²) in [4.78, 5) is 23.3. The lowest BCUT2D eigenvalue weighted by Gasteiger charge is -2.13. The smallest absolute Gasteiger partial charge is 0.342 e. The first-order valence-electron chi connectivity index (χ1n) is 5.95. The number of anilines is 1. The molecule has 1 amide bonds. The van der Waals surface area contributed by atoms with Gasteiger partial charge in [0.05, 0.1) is 11.6 Å². The lowest BCUT2D eigenvalue weighted by atomic mass is 10.2. The van der Waals surface area contributed by atoms with Crippen molar-refractivity contribution in [2.45, 2.75) is 13.0 Å². The number of nitrogens with two attached hydrogens (primary N) is 1. The second-order valence-corrected chi connectivity index (χ2v) is 4.61. The third-order valence-electron chi connectivity index (χ3n) is 2.41. The number of esters is 1. The third kappa shape index (κ3) is 4.71. The summed E-state index contributed by atoms with van der Waals surface area (Å²) in [7, 11) is 1.53. The largest absolute Gasteiger partial charge is 0.452 e. The summed E-state index contributed by atoms with van der Waals surface area (Å²) in [6.07, 6.45) is 0. The number of hydrogen-bond acceptors (Lipinski definition) is 5. The van der Waals surface area contributed by atoms with Crippen LogP contribution in [-0.4, -0.2) is 38.2 Å². The molecule has 0 spiro atoms. The fourth-order valence-corrected chi connectivity index (χ4v) is 1.83. The van der Waals surface area contributed by atoms with Crippen LogP contribution in [-0.2, 0) is 14.3 Å². The van der Waals surface area contributed by atoms with Crippen LogP contribution in [0.4, 0.5) is 5.69 Å². The molecule has 0 aliphatic rings. The molecular formula is C13H17ClN2O4. The van der Waals surface area contributed by atoms with Gasteiger partial charge in [0.25, 0.3) is 5.91 Å². The summed E-state index contributed by atoms with van der Waals surface area (Å²) in [5, 5.41) is 2.79. The molecule has 7 heteroatoms. The molecule has 1 unspecified atom stereocenters. The topological polar surface area (TPSA) is 90.6 Å². The SMILES string of the molecule is COCC(C)NC(=O)COC(=O)c1c(N)cccc1Cl. The minimum Gasteiger partial charge on any atom is -0.452 e. The Kier molecular flexibility index (Phi) is 6.27. The highest BCUT2D eigenvalue weighted by Crippen LogP contribution is 2.22. The maximum absolute atomic E-state index is 11.8. The minimum absolute atomic E-state index is 0.0620. The van der Waals surface area contributed by atoms with Gasteiger partial charge in [-0.25, -0.2) is 4.79 Å². The van der Waals surface area contributed by atoms with Crippen LogP contribution >= 0.6 is 11.6 Å². The number of rotatable bonds is 6. The van der Waals surface area contributed by atoms with E-state index in [1.807, 2.05) is 0 Å². The summed E-state index contributed by atoms with van der Waals surface area (Å²) in [5.74, 6) is -1.16. The first-order valence-corrected chi connectivity index (χ1v) is 6.33. The van der Waals surface area contributed by atoms with Gasteiger partial charge in [-0.2, -0.15) is 0 Å². The molecule has 0 bridgehead atoms. The number of halogens is 1. The van der Waals surface area contributed by atoms with Gasteiger partial charge in [0.2, 0.25) is 0 Å². The Morgan fingerprint density at radius 1 is 1.45 bits per heavy atom. The summed E-state index contributed by atoms with van der Waals surface area (Å²) in [6.45, 7) is 1.74. The summed E-state index contributed by atoms with van der Waals surface area (Å²) < 4.78 is 9.75. The minimum atomic E-state index is -0.734. The Hall–Kier alpha value is -1.79. The lowest BCUT2D eigenvalue weighted by Crippen LogP contribution is -2.38. The number of nitrogen functional groups attached to an aromatic ring is 1. The number of carbonyl (C=O) groups excluding carboxylic acids is 2. The zero-order valence-electron chi connectivity index (χ0n) is 11.3. The van der Waals surface area contributed by atoms with Crippen molar-refractivity contribution in [2.75, 3.05) is 26.1 Å². The Balaban J connectivity index is 2.53. The van der Waals surface area contributed by atoms with E-state index >= 15 is 0 Å². The summed E-state index contributed by atoms with van der Waals surface area (Å²) >= 11 is 5.87. The number of methoxy groups -OCH3 is 1. The predicted octanol–water partition coefficient (Wildman–Crippen LogP) is 1.23. The number of ether oxygens (including phenoxy) is 2. The van der Waals surface area contributed by atoms with Crippen molar-refractivity contribution in [3.8, 4) is 0 Å². The van der Waals surface area contributed by atoms with Gasteiger partial charge in [-0.15, -0.1) is 0 Å². The van der Waals surface area contributed by atoms with Gasteiger partial charge in [0.15, 0.2) is 6.61 Å². The van der Waals surface area contributed by atoms with Crippen LogP contribution in [0, 0.1) is 0 Å². The number of hydrogen-bond donors (Lipinski definition) is 2. The third-order valence-corrected chi connectivity index (χ3v) is 2.72. The van der Waals surface area contributed by atoms with Gasteiger partial charge >= 0.3 is 5.97 Å². The van der Waals surface area contributed by atoms with E-state index in [1.54, 1.807) is 13.0 Å². The molecule has 6 nitrogen and oxygen atoms in total. The fraction of sp³-hybridized carbons (Fsp3) is 0.385. The molecule has 1 aromatic rings. The Labute approximate surface area is 122 Å². The van der Waals surface area contributed by atoms with E-state index in [2.05, 4.69) is 5.32 Å². The summed E-state index contributed by atoms with van der Waals surface area (Å²) in [5.41, 5.74) is 5.91. The average molecular weight is 301 g/mol. The molecule has 3 N–H and O–H groups in total. The van der Waals surface area contributed by atoms with E-state index in [-0.39, 0.29) is 22.3 Å². The highest BCUT2D eigenvalue weighted by Gasteiger charge is 2.17. The molecule has 0 fully saturated rings. The lowest BCUT2D eigenvalue weighted by molar-refractivity contribution is -0.125. The molecule has 0 saturated heterocycles. The average Bonchev–Trinajstić information content (AvgIpc) is 2.36. The van der Waals surface area contributed by atoms with Gasteiger partial charge in [0.1, 0.15) is 5.56 Å². The van der Waals surface area contributed by atoms with Crippen molar-refractivity contribution in [1.29, 1.82) is 0 Å². The second-order valence-electron chi connectivity index (χ2n) is 4.20. The van der Waals surface area contributed by atoms with Crippen molar-refractivity contribution < 1.29 is 19.1 Å².